The Bertz CT molecular complexity index is 903. The highest BCUT2D eigenvalue weighted by atomic mass is 35.5. The summed E-state index contributed by atoms with van der Waals surface area (Å²) in [6.07, 6.45) is 0.377. The molecule has 3 aromatic rings. The smallest absolute Gasteiger partial charge is 0.221 e. The summed E-state index contributed by atoms with van der Waals surface area (Å²) in [5.74, 6) is 5.94. The Labute approximate surface area is 165 Å². The Kier molecular flexibility index (Phi) is 6.68. The van der Waals surface area contributed by atoms with Crippen molar-refractivity contribution >= 4 is 17.5 Å². The maximum Gasteiger partial charge on any atom is 0.221 e. The molecule has 1 N–H and O–H groups in total. The van der Waals surface area contributed by atoms with Crippen molar-refractivity contribution in [3.05, 3.63) is 107 Å². The van der Waals surface area contributed by atoms with E-state index in [9.17, 15) is 4.79 Å². The lowest BCUT2D eigenvalue weighted by Crippen LogP contribution is -2.25. The van der Waals surface area contributed by atoms with Gasteiger partial charge >= 0.3 is 0 Å². The first-order valence-electron chi connectivity index (χ1n) is 8.84. The molecular weight excluding hydrogens is 354 g/mol. The fraction of sp³-hybridized carbons (Fsp3) is 0.125. The van der Waals surface area contributed by atoms with Crippen LogP contribution in [-0.2, 0) is 4.79 Å². The number of carbonyl (C=O) groups is 1. The van der Waals surface area contributed by atoms with Crippen LogP contribution in [0, 0.1) is 11.8 Å². The van der Waals surface area contributed by atoms with Crippen molar-refractivity contribution in [3.63, 3.8) is 0 Å². The molecule has 3 rings (SSSR count). The van der Waals surface area contributed by atoms with Gasteiger partial charge < -0.3 is 5.32 Å². The zero-order valence-corrected chi connectivity index (χ0v) is 15.6. The first kappa shape index (κ1) is 18.8. The van der Waals surface area contributed by atoms with Gasteiger partial charge in [0.05, 0.1) is 11.6 Å². The summed E-state index contributed by atoms with van der Waals surface area (Å²) >= 11 is 6.08. The first-order chi connectivity index (χ1) is 13.2. The molecule has 0 fully saturated rings. The molecule has 0 heterocycles. The molecule has 0 unspecified atom stereocenters. The molecule has 0 saturated heterocycles. The van der Waals surface area contributed by atoms with Crippen LogP contribution in [0.4, 0.5) is 0 Å². The zero-order chi connectivity index (χ0) is 18.9. The Morgan fingerprint density at radius 2 is 1.41 bits per heavy atom. The van der Waals surface area contributed by atoms with Gasteiger partial charge in [0, 0.05) is 17.9 Å². The number of hydrogen-bond donors (Lipinski definition) is 1. The Morgan fingerprint density at radius 3 is 2.00 bits per heavy atom. The molecule has 0 bridgehead atoms. The van der Waals surface area contributed by atoms with Crippen molar-refractivity contribution in [2.24, 2.45) is 0 Å². The number of benzene rings is 3. The maximum atomic E-state index is 12.5. The van der Waals surface area contributed by atoms with Crippen LogP contribution >= 0.6 is 11.6 Å². The molecule has 0 aliphatic rings. The van der Waals surface area contributed by atoms with Crippen LogP contribution in [-0.4, -0.2) is 12.5 Å². The van der Waals surface area contributed by atoms with E-state index in [0.29, 0.717) is 18.0 Å². The highest BCUT2D eigenvalue weighted by Crippen LogP contribution is 2.27. The van der Waals surface area contributed by atoms with Gasteiger partial charge in [-0.3, -0.25) is 4.79 Å². The molecule has 0 spiro atoms. The monoisotopic (exact) mass is 373 g/mol. The molecule has 0 aliphatic carbocycles. The SMILES string of the molecule is O=C(CC(c1ccccc1)c1ccccc1)NCC#Cc1ccccc1Cl. The third kappa shape index (κ3) is 5.48. The van der Waals surface area contributed by atoms with E-state index in [1.54, 1.807) is 6.07 Å². The molecule has 0 radical (unpaired) electrons. The van der Waals surface area contributed by atoms with Crippen molar-refractivity contribution in [2.75, 3.05) is 6.54 Å². The molecule has 0 saturated carbocycles. The van der Waals surface area contributed by atoms with Gasteiger partial charge in [-0.05, 0) is 23.3 Å². The number of carbonyl (C=O) groups excluding carboxylic acids is 1. The van der Waals surface area contributed by atoms with Crippen LogP contribution in [0.2, 0.25) is 5.02 Å². The molecular formula is C24H20ClNO. The highest BCUT2D eigenvalue weighted by Gasteiger charge is 2.17. The third-order valence-corrected chi connectivity index (χ3v) is 4.59. The van der Waals surface area contributed by atoms with Crippen LogP contribution in [0.5, 0.6) is 0 Å². The lowest BCUT2D eigenvalue weighted by atomic mass is 9.88. The summed E-state index contributed by atoms with van der Waals surface area (Å²) < 4.78 is 0. The summed E-state index contributed by atoms with van der Waals surface area (Å²) in [5.41, 5.74) is 3.02. The molecule has 1 amide bonds. The van der Waals surface area contributed by atoms with Gasteiger partial charge in [0.2, 0.25) is 5.91 Å². The summed E-state index contributed by atoms with van der Waals surface area (Å²) in [4.78, 5) is 12.5. The second kappa shape index (κ2) is 9.62. The zero-order valence-electron chi connectivity index (χ0n) is 14.9. The van der Waals surface area contributed by atoms with Gasteiger partial charge in [0.25, 0.3) is 0 Å². The summed E-state index contributed by atoms with van der Waals surface area (Å²) in [6, 6.07) is 27.6. The van der Waals surface area contributed by atoms with Crippen LogP contribution in [0.1, 0.15) is 29.0 Å². The van der Waals surface area contributed by atoms with Gasteiger partial charge in [0.1, 0.15) is 0 Å². The molecule has 27 heavy (non-hydrogen) atoms. The number of nitrogens with one attached hydrogen (secondary N) is 1. The predicted octanol–water partition coefficient (Wildman–Crippen LogP) is 5.03. The quantitative estimate of drug-likeness (QED) is 0.624. The third-order valence-electron chi connectivity index (χ3n) is 4.26. The number of hydrogen-bond acceptors (Lipinski definition) is 1. The molecule has 0 aromatic heterocycles. The predicted molar refractivity (Wildman–Crippen MR) is 111 cm³/mol. The van der Waals surface area contributed by atoms with E-state index < -0.39 is 0 Å². The van der Waals surface area contributed by atoms with Gasteiger partial charge in [0.15, 0.2) is 0 Å². The number of amides is 1. The average Bonchev–Trinajstić information content (AvgIpc) is 2.72. The van der Waals surface area contributed by atoms with E-state index in [0.717, 1.165) is 16.7 Å². The van der Waals surface area contributed by atoms with E-state index in [-0.39, 0.29) is 11.8 Å². The summed E-state index contributed by atoms with van der Waals surface area (Å²) in [7, 11) is 0. The van der Waals surface area contributed by atoms with E-state index in [1.165, 1.54) is 0 Å². The molecule has 3 aromatic carbocycles. The Balaban J connectivity index is 1.65. The minimum Gasteiger partial charge on any atom is -0.345 e. The van der Waals surface area contributed by atoms with Crippen molar-refractivity contribution in [1.82, 2.24) is 5.32 Å². The number of halogens is 1. The van der Waals surface area contributed by atoms with Crippen LogP contribution in [0.3, 0.4) is 0 Å². The highest BCUT2D eigenvalue weighted by molar-refractivity contribution is 6.31. The largest absolute Gasteiger partial charge is 0.345 e. The van der Waals surface area contributed by atoms with Gasteiger partial charge in [-0.15, -0.1) is 0 Å². The second-order valence-corrected chi connectivity index (χ2v) is 6.54. The molecule has 0 atom stereocenters. The summed E-state index contributed by atoms with van der Waals surface area (Å²) in [5, 5.41) is 3.50. The van der Waals surface area contributed by atoms with E-state index in [1.807, 2.05) is 54.6 Å². The minimum atomic E-state index is -0.0267. The standard InChI is InChI=1S/C24H20ClNO/c25-23-16-8-7-14-21(23)15-9-17-26-24(27)18-22(19-10-3-1-4-11-19)20-12-5-2-6-13-20/h1-8,10-14,16,22H,17-18H2,(H,26,27). The van der Waals surface area contributed by atoms with Crippen molar-refractivity contribution < 1.29 is 4.79 Å². The van der Waals surface area contributed by atoms with E-state index in [2.05, 4.69) is 41.4 Å². The fourth-order valence-corrected chi connectivity index (χ4v) is 3.08. The lowest BCUT2D eigenvalue weighted by molar-refractivity contribution is -0.121. The van der Waals surface area contributed by atoms with Gasteiger partial charge in [-0.1, -0.05) is 96.2 Å². The van der Waals surface area contributed by atoms with Gasteiger partial charge in [-0.2, -0.15) is 0 Å². The fourth-order valence-electron chi connectivity index (χ4n) is 2.90. The molecule has 134 valence electrons. The minimum absolute atomic E-state index is 0.0175. The molecule has 2 nitrogen and oxygen atoms in total. The Hall–Kier alpha value is -3.02. The molecule has 3 heteroatoms. The maximum absolute atomic E-state index is 12.5. The Morgan fingerprint density at radius 1 is 0.852 bits per heavy atom. The van der Waals surface area contributed by atoms with Crippen molar-refractivity contribution in [3.8, 4) is 11.8 Å². The topological polar surface area (TPSA) is 29.1 Å². The first-order valence-corrected chi connectivity index (χ1v) is 9.22. The van der Waals surface area contributed by atoms with Gasteiger partial charge in [-0.25, -0.2) is 0 Å². The lowest BCUT2D eigenvalue weighted by Gasteiger charge is -2.17. The number of rotatable bonds is 5. The van der Waals surface area contributed by atoms with Crippen molar-refractivity contribution in [1.29, 1.82) is 0 Å². The average molecular weight is 374 g/mol. The van der Waals surface area contributed by atoms with Crippen molar-refractivity contribution in [2.45, 2.75) is 12.3 Å². The van der Waals surface area contributed by atoms with Crippen LogP contribution in [0.25, 0.3) is 0 Å². The normalized spacial score (nSPS) is 10.1. The second-order valence-electron chi connectivity index (χ2n) is 6.14. The summed E-state index contributed by atoms with van der Waals surface area (Å²) in [6.45, 7) is 0.292. The van der Waals surface area contributed by atoms with E-state index >= 15 is 0 Å². The molecule has 0 aliphatic heterocycles. The van der Waals surface area contributed by atoms with E-state index in [4.69, 9.17) is 11.6 Å². The van der Waals surface area contributed by atoms with Crippen LogP contribution < -0.4 is 5.32 Å². The van der Waals surface area contributed by atoms with Crippen LogP contribution in [0.15, 0.2) is 84.9 Å².